The molecule has 0 fully saturated rings. The summed E-state index contributed by atoms with van der Waals surface area (Å²) in [5.41, 5.74) is 1.93. The van der Waals surface area contributed by atoms with Gasteiger partial charge in [0.25, 0.3) is 11.8 Å². The number of amides is 3. The summed E-state index contributed by atoms with van der Waals surface area (Å²) in [6.07, 6.45) is 0.570. The first-order valence-corrected chi connectivity index (χ1v) is 10.8. The van der Waals surface area contributed by atoms with Crippen molar-refractivity contribution < 1.29 is 23.9 Å². The van der Waals surface area contributed by atoms with Gasteiger partial charge in [-0.3, -0.25) is 19.3 Å². The minimum atomic E-state index is -0.316. The Morgan fingerprint density at radius 2 is 1.58 bits per heavy atom. The number of rotatable bonds is 8. The third-order valence-corrected chi connectivity index (χ3v) is 5.93. The summed E-state index contributed by atoms with van der Waals surface area (Å²) in [6, 6.07) is 16.2. The predicted molar refractivity (Wildman–Crippen MR) is 125 cm³/mol. The molecule has 170 valence electrons. The Bertz CT molecular complexity index is 1190. The van der Waals surface area contributed by atoms with Gasteiger partial charge in [-0.2, -0.15) is 0 Å². The number of hydrogen-bond acceptors (Lipinski definition) is 5. The quantitative estimate of drug-likeness (QED) is 0.527. The molecule has 1 heterocycles. The number of hydrogen-bond donors (Lipinski definition) is 1. The van der Waals surface area contributed by atoms with E-state index in [9.17, 15) is 14.4 Å². The number of imide groups is 1. The first kappa shape index (κ1) is 22.3. The van der Waals surface area contributed by atoms with Gasteiger partial charge in [0.1, 0.15) is 0 Å². The van der Waals surface area contributed by atoms with E-state index < -0.39 is 0 Å². The van der Waals surface area contributed by atoms with Crippen LogP contribution in [0.2, 0.25) is 0 Å². The molecule has 3 aromatic rings. The van der Waals surface area contributed by atoms with Crippen LogP contribution in [0, 0.1) is 0 Å². The van der Waals surface area contributed by atoms with Crippen LogP contribution in [0.3, 0.4) is 0 Å². The smallest absolute Gasteiger partial charge is 0.261 e. The van der Waals surface area contributed by atoms with E-state index >= 15 is 0 Å². The maximum atomic E-state index is 12.9. The van der Waals surface area contributed by atoms with E-state index in [4.69, 9.17) is 9.47 Å². The summed E-state index contributed by atoms with van der Waals surface area (Å²) in [6.45, 7) is 2.06. The van der Waals surface area contributed by atoms with E-state index in [1.807, 2.05) is 43.3 Å². The number of benzene rings is 3. The number of carbonyl (C=O) groups is 3. The zero-order valence-electron chi connectivity index (χ0n) is 18.9. The van der Waals surface area contributed by atoms with Gasteiger partial charge in [0.05, 0.1) is 20.3 Å². The minimum absolute atomic E-state index is 0.156. The molecule has 1 unspecified atom stereocenters. The van der Waals surface area contributed by atoms with Crippen molar-refractivity contribution in [3.8, 4) is 11.5 Å². The second kappa shape index (κ2) is 9.32. The normalized spacial score (nSPS) is 13.7. The lowest BCUT2D eigenvalue weighted by molar-refractivity contribution is -0.121. The highest BCUT2D eigenvalue weighted by Gasteiger charge is 2.32. The summed E-state index contributed by atoms with van der Waals surface area (Å²) >= 11 is 0. The Morgan fingerprint density at radius 3 is 2.18 bits per heavy atom. The molecule has 3 aromatic carbocycles. The van der Waals surface area contributed by atoms with Crippen LogP contribution in [0.1, 0.15) is 52.1 Å². The molecule has 4 rings (SSSR count). The highest BCUT2D eigenvalue weighted by molar-refractivity contribution is 6.25. The van der Waals surface area contributed by atoms with Gasteiger partial charge in [-0.25, -0.2) is 0 Å². The van der Waals surface area contributed by atoms with Crippen molar-refractivity contribution in [1.29, 1.82) is 0 Å². The lowest BCUT2D eigenvalue weighted by atomic mass is 9.94. The van der Waals surface area contributed by atoms with Gasteiger partial charge < -0.3 is 14.8 Å². The van der Waals surface area contributed by atoms with Gasteiger partial charge in [-0.15, -0.1) is 0 Å². The third-order valence-electron chi connectivity index (χ3n) is 5.93. The summed E-state index contributed by atoms with van der Waals surface area (Å²) in [5.74, 6) is 0.421. The number of nitrogens with one attached hydrogen (secondary N) is 1. The Hall–Kier alpha value is -3.87. The molecular weight excluding hydrogens is 420 g/mol. The SMILES string of the molecule is COc1ccc(C(C)NC(=O)CCCN2C(=O)c3cccc4cccc(c34)C2=O)cc1OC. The Kier molecular flexibility index (Phi) is 6.31. The second-order valence-electron chi connectivity index (χ2n) is 7.98. The summed E-state index contributed by atoms with van der Waals surface area (Å²) in [7, 11) is 3.13. The van der Waals surface area contributed by atoms with Crippen molar-refractivity contribution >= 4 is 28.5 Å². The van der Waals surface area contributed by atoms with Crippen molar-refractivity contribution in [3.05, 3.63) is 71.3 Å². The Morgan fingerprint density at radius 1 is 0.939 bits per heavy atom. The van der Waals surface area contributed by atoms with E-state index in [2.05, 4.69) is 5.32 Å². The standard InChI is InChI=1S/C26H26N2O5/c1-16(18-12-13-21(32-2)22(15-18)33-3)27-23(29)11-6-14-28-25(30)19-9-4-7-17-8-5-10-20(24(17)19)26(28)31/h4-5,7-10,12-13,15-16H,6,11,14H2,1-3H3,(H,27,29). The highest BCUT2D eigenvalue weighted by Crippen LogP contribution is 2.31. The van der Waals surface area contributed by atoms with Gasteiger partial charge in [0.15, 0.2) is 11.5 Å². The van der Waals surface area contributed by atoms with E-state index in [-0.39, 0.29) is 36.7 Å². The topological polar surface area (TPSA) is 84.9 Å². The van der Waals surface area contributed by atoms with Crippen LogP contribution in [0.15, 0.2) is 54.6 Å². The molecule has 0 bridgehead atoms. The zero-order valence-corrected chi connectivity index (χ0v) is 18.9. The Labute approximate surface area is 192 Å². The minimum Gasteiger partial charge on any atom is -0.493 e. The number of ether oxygens (including phenoxy) is 2. The molecule has 0 aromatic heterocycles. The van der Waals surface area contributed by atoms with Crippen LogP contribution < -0.4 is 14.8 Å². The molecule has 1 atom stereocenters. The molecule has 1 N–H and O–H groups in total. The van der Waals surface area contributed by atoms with Crippen LogP contribution in [0.25, 0.3) is 10.8 Å². The maximum absolute atomic E-state index is 12.9. The van der Waals surface area contributed by atoms with Crippen molar-refractivity contribution in [3.63, 3.8) is 0 Å². The van der Waals surface area contributed by atoms with Gasteiger partial charge in [0, 0.05) is 29.5 Å². The average molecular weight is 447 g/mol. The van der Waals surface area contributed by atoms with Crippen molar-refractivity contribution in [2.75, 3.05) is 20.8 Å². The van der Waals surface area contributed by atoms with Gasteiger partial charge in [-0.1, -0.05) is 30.3 Å². The van der Waals surface area contributed by atoms with Gasteiger partial charge in [-0.05, 0) is 48.6 Å². The van der Waals surface area contributed by atoms with Crippen LogP contribution in [0.4, 0.5) is 0 Å². The molecule has 3 amide bonds. The molecule has 0 spiro atoms. The molecule has 1 aliphatic rings. The van der Waals surface area contributed by atoms with Crippen LogP contribution in [0.5, 0.6) is 11.5 Å². The molecule has 1 aliphatic heterocycles. The van der Waals surface area contributed by atoms with Crippen LogP contribution in [-0.4, -0.2) is 43.4 Å². The fourth-order valence-corrected chi connectivity index (χ4v) is 4.20. The molecule has 7 nitrogen and oxygen atoms in total. The van der Waals surface area contributed by atoms with Crippen LogP contribution in [-0.2, 0) is 4.79 Å². The fraction of sp³-hybridized carbons (Fsp3) is 0.269. The van der Waals surface area contributed by atoms with Gasteiger partial charge >= 0.3 is 0 Å². The third kappa shape index (κ3) is 4.26. The molecule has 33 heavy (non-hydrogen) atoms. The predicted octanol–water partition coefficient (Wildman–Crippen LogP) is 4.11. The van der Waals surface area contributed by atoms with Crippen LogP contribution >= 0.6 is 0 Å². The van der Waals surface area contributed by atoms with Crippen molar-refractivity contribution in [2.24, 2.45) is 0 Å². The Balaban J connectivity index is 1.37. The molecular formula is C26H26N2O5. The van der Waals surface area contributed by atoms with Crippen molar-refractivity contribution in [1.82, 2.24) is 10.2 Å². The summed E-state index contributed by atoms with van der Waals surface area (Å²) < 4.78 is 10.6. The number of carbonyl (C=O) groups excluding carboxylic acids is 3. The molecule has 0 aliphatic carbocycles. The number of nitrogens with zero attached hydrogens (tertiary/aromatic N) is 1. The second-order valence-corrected chi connectivity index (χ2v) is 7.98. The molecule has 0 radical (unpaired) electrons. The summed E-state index contributed by atoms with van der Waals surface area (Å²) in [5, 5.41) is 4.52. The summed E-state index contributed by atoms with van der Waals surface area (Å²) in [4.78, 5) is 39.6. The highest BCUT2D eigenvalue weighted by atomic mass is 16.5. The number of methoxy groups -OCH3 is 2. The largest absolute Gasteiger partial charge is 0.493 e. The average Bonchev–Trinajstić information content (AvgIpc) is 2.83. The first-order valence-electron chi connectivity index (χ1n) is 10.8. The van der Waals surface area contributed by atoms with E-state index in [0.29, 0.717) is 34.4 Å². The lowest BCUT2D eigenvalue weighted by Gasteiger charge is -2.27. The monoisotopic (exact) mass is 446 g/mol. The van der Waals surface area contributed by atoms with E-state index in [1.54, 1.807) is 32.4 Å². The molecule has 0 saturated carbocycles. The van der Waals surface area contributed by atoms with E-state index in [0.717, 1.165) is 10.9 Å². The fourth-order valence-electron chi connectivity index (χ4n) is 4.20. The van der Waals surface area contributed by atoms with E-state index in [1.165, 1.54) is 4.90 Å². The first-order chi connectivity index (χ1) is 15.9. The molecule has 7 heteroatoms. The van der Waals surface area contributed by atoms with Gasteiger partial charge in [0.2, 0.25) is 5.91 Å². The maximum Gasteiger partial charge on any atom is 0.261 e. The molecule has 0 saturated heterocycles. The van der Waals surface area contributed by atoms with Crippen molar-refractivity contribution in [2.45, 2.75) is 25.8 Å². The zero-order chi connectivity index (χ0) is 23.5. The lowest BCUT2D eigenvalue weighted by Crippen LogP contribution is -2.41.